The van der Waals surface area contributed by atoms with E-state index in [1.807, 2.05) is 0 Å². The molecule has 312 valence electrons. The fraction of sp³-hybridized carbons (Fsp3) is 0.962. The van der Waals surface area contributed by atoms with Crippen molar-refractivity contribution in [2.45, 2.75) is 316 Å². The molecule has 0 aliphatic rings. The molecule has 0 rings (SSSR count). The van der Waals surface area contributed by atoms with Gasteiger partial charge >= 0.3 is 0 Å². The van der Waals surface area contributed by atoms with Gasteiger partial charge in [0.25, 0.3) is 0 Å². The minimum Gasteiger partial charge on any atom is -0.0885 e. The van der Waals surface area contributed by atoms with Crippen molar-refractivity contribution in [3.63, 3.8) is 0 Å². The van der Waals surface area contributed by atoms with Crippen LogP contribution in [0.2, 0.25) is 0 Å². The lowest BCUT2D eigenvalue weighted by molar-refractivity contribution is 0.365. The van der Waals surface area contributed by atoms with Crippen LogP contribution in [-0.4, -0.2) is 0 Å². The molecule has 0 aliphatic carbocycles. The maximum absolute atomic E-state index is 2.48. The summed E-state index contributed by atoms with van der Waals surface area (Å²) in [6.45, 7) is 6.95. The van der Waals surface area contributed by atoms with Gasteiger partial charge in [-0.05, 0) is 31.6 Å². The average molecular weight is 729 g/mol. The van der Waals surface area contributed by atoms with Crippen molar-refractivity contribution in [3.05, 3.63) is 12.2 Å². The first-order valence-electron chi connectivity index (χ1n) is 25.5. The maximum Gasteiger partial charge on any atom is -0.0351 e. The third kappa shape index (κ3) is 45.9. The first-order valence-corrected chi connectivity index (χ1v) is 25.5. The molecule has 0 radical (unpaired) electrons. The predicted octanol–water partition coefficient (Wildman–Crippen LogP) is 20.2. The predicted molar refractivity (Wildman–Crippen MR) is 242 cm³/mol. The van der Waals surface area contributed by atoms with Crippen LogP contribution in [0.25, 0.3) is 0 Å². The Hall–Kier alpha value is -0.260. The van der Waals surface area contributed by atoms with Gasteiger partial charge in [0, 0.05) is 0 Å². The van der Waals surface area contributed by atoms with Crippen LogP contribution in [0.5, 0.6) is 0 Å². The molecule has 0 N–H and O–H groups in total. The Labute approximate surface area is 333 Å². The molecule has 1 unspecified atom stereocenters. The number of allylic oxidation sites excluding steroid dienone is 2. The van der Waals surface area contributed by atoms with Crippen LogP contribution in [0.4, 0.5) is 0 Å². The van der Waals surface area contributed by atoms with Crippen LogP contribution in [0.3, 0.4) is 0 Å². The number of unbranched alkanes of at least 4 members (excludes halogenated alkanes) is 39. The zero-order valence-electron chi connectivity index (χ0n) is 37.3. The molecule has 0 heterocycles. The van der Waals surface area contributed by atoms with Crippen LogP contribution in [-0.2, 0) is 0 Å². The average Bonchev–Trinajstić information content (AvgIpc) is 3.15. The van der Waals surface area contributed by atoms with E-state index < -0.39 is 0 Å². The van der Waals surface area contributed by atoms with Gasteiger partial charge in [0.2, 0.25) is 0 Å². The number of rotatable bonds is 47. The summed E-state index contributed by atoms with van der Waals surface area (Å²) in [4.78, 5) is 0. The van der Waals surface area contributed by atoms with E-state index in [0.717, 1.165) is 5.92 Å². The van der Waals surface area contributed by atoms with Crippen molar-refractivity contribution in [1.82, 2.24) is 0 Å². The van der Waals surface area contributed by atoms with Crippen molar-refractivity contribution in [2.75, 3.05) is 0 Å². The van der Waals surface area contributed by atoms with Crippen molar-refractivity contribution in [3.8, 4) is 0 Å². The van der Waals surface area contributed by atoms with Crippen LogP contribution in [0, 0.1) is 5.92 Å². The molecule has 0 aromatic heterocycles. The smallest absolute Gasteiger partial charge is 0.0351 e. The highest BCUT2D eigenvalue weighted by molar-refractivity contribution is 4.81. The Balaban J connectivity index is 3.97. The van der Waals surface area contributed by atoms with Crippen molar-refractivity contribution >= 4 is 0 Å². The molecular formula is C52H104. The molecule has 0 aromatic carbocycles. The summed E-state index contributed by atoms with van der Waals surface area (Å²) in [6, 6.07) is 0. The van der Waals surface area contributed by atoms with Gasteiger partial charge in [-0.15, -0.1) is 0 Å². The van der Waals surface area contributed by atoms with E-state index in [2.05, 4.69) is 32.9 Å². The van der Waals surface area contributed by atoms with Crippen molar-refractivity contribution in [2.24, 2.45) is 5.92 Å². The van der Waals surface area contributed by atoms with Gasteiger partial charge in [0.05, 0.1) is 0 Å². The van der Waals surface area contributed by atoms with Gasteiger partial charge in [-0.1, -0.05) is 303 Å². The maximum atomic E-state index is 2.48. The highest BCUT2D eigenvalue weighted by Gasteiger charge is 2.09. The number of hydrogen-bond donors (Lipinski definition) is 0. The van der Waals surface area contributed by atoms with E-state index >= 15 is 0 Å². The Kier molecular flexibility index (Phi) is 48.5. The summed E-state index contributed by atoms with van der Waals surface area (Å²) < 4.78 is 0. The van der Waals surface area contributed by atoms with Gasteiger partial charge in [-0.25, -0.2) is 0 Å². The van der Waals surface area contributed by atoms with E-state index in [1.54, 1.807) is 0 Å². The van der Waals surface area contributed by atoms with Gasteiger partial charge in [-0.3, -0.25) is 0 Å². The van der Waals surface area contributed by atoms with Crippen LogP contribution >= 0.6 is 0 Å². The summed E-state index contributed by atoms with van der Waals surface area (Å²) in [6.07, 6.45) is 72.4. The first-order chi connectivity index (χ1) is 25.8. The van der Waals surface area contributed by atoms with Crippen LogP contribution < -0.4 is 0 Å². The molecule has 0 saturated carbocycles. The minimum atomic E-state index is 1.02. The Morgan fingerprint density at radius 1 is 0.212 bits per heavy atom. The van der Waals surface area contributed by atoms with Gasteiger partial charge < -0.3 is 0 Å². The third-order valence-corrected chi connectivity index (χ3v) is 12.3. The van der Waals surface area contributed by atoms with E-state index in [9.17, 15) is 0 Å². The molecule has 0 aromatic rings. The Bertz CT molecular complexity index is 618. The molecule has 0 bridgehead atoms. The fourth-order valence-electron chi connectivity index (χ4n) is 8.55. The fourth-order valence-corrected chi connectivity index (χ4v) is 8.55. The molecule has 0 heteroatoms. The zero-order valence-corrected chi connectivity index (χ0v) is 37.3. The normalized spacial score (nSPS) is 12.4. The molecule has 0 nitrogen and oxygen atoms in total. The minimum absolute atomic E-state index is 1.02. The third-order valence-electron chi connectivity index (χ3n) is 12.3. The highest BCUT2D eigenvalue weighted by atomic mass is 14.1. The Morgan fingerprint density at radius 3 is 0.596 bits per heavy atom. The topological polar surface area (TPSA) is 0 Å². The quantitative estimate of drug-likeness (QED) is 0.0432. The second kappa shape index (κ2) is 48.8. The summed E-state index contributed by atoms with van der Waals surface area (Å²) in [5.41, 5.74) is 0. The summed E-state index contributed by atoms with van der Waals surface area (Å²) in [5, 5.41) is 0. The lowest BCUT2D eigenvalue weighted by atomic mass is 9.89. The molecule has 0 spiro atoms. The van der Waals surface area contributed by atoms with E-state index in [0.29, 0.717) is 0 Å². The molecule has 0 amide bonds. The summed E-state index contributed by atoms with van der Waals surface area (Å²) in [5.74, 6) is 1.02. The van der Waals surface area contributed by atoms with Crippen molar-refractivity contribution in [1.29, 1.82) is 0 Å². The zero-order chi connectivity index (χ0) is 37.5. The summed E-state index contributed by atoms with van der Waals surface area (Å²) in [7, 11) is 0. The van der Waals surface area contributed by atoms with Crippen LogP contribution in [0.1, 0.15) is 316 Å². The number of hydrogen-bond acceptors (Lipinski definition) is 0. The molecular weight excluding hydrogens is 625 g/mol. The lowest BCUT2D eigenvalue weighted by Gasteiger charge is -2.17. The second-order valence-electron chi connectivity index (χ2n) is 17.7. The molecule has 0 fully saturated rings. The molecule has 0 saturated heterocycles. The molecule has 1 atom stereocenters. The van der Waals surface area contributed by atoms with E-state index in [4.69, 9.17) is 0 Å². The summed E-state index contributed by atoms with van der Waals surface area (Å²) >= 11 is 0. The second-order valence-corrected chi connectivity index (χ2v) is 17.7. The molecule has 52 heavy (non-hydrogen) atoms. The standard InChI is InChI=1S/C52H104/c1-4-7-10-13-16-19-22-25-28-30-33-36-39-42-45-48-51-52(49-46-43-40-37-34-31-27-24-21-18-15-12-9-6-3)50-47-44-41-38-35-32-29-26-23-20-17-14-11-8-5-2/h25,28,52H,4-24,26-27,29-51H2,1-3H3/b28-25-. The van der Waals surface area contributed by atoms with Gasteiger partial charge in [0.15, 0.2) is 0 Å². The Morgan fingerprint density at radius 2 is 0.385 bits per heavy atom. The monoisotopic (exact) mass is 729 g/mol. The van der Waals surface area contributed by atoms with Crippen LogP contribution in [0.15, 0.2) is 12.2 Å². The largest absolute Gasteiger partial charge is 0.0885 e. The lowest BCUT2D eigenvalue weighted by Crippen LogP contribution is -2.01. The van der Waals surface area contributed by atoms with Gasteiger partial charge in [-0.2, -0.15) is 0 Å². The SMILES string of the molecule is CCCCCCCC/C=C\CCCCCCCCC(CCCCCCCCCCCCCCCC)CCCCCCCCCCCCCCCCC. The molecule has 0 aliphatic heterocycles. The van der Waals surface area contributed by atoms with Gasteiger partial charge in [0.1, 0.15) is 0 Å². The van der Waals surface area contributed by atoms with E-state index in [-0.39, 0.29) is 0 Å². The van der Waals surface area contributed by atoms with E-state index in [1.165, 1.54) is 295 Å². The van der Waals surface area contributed by atoms with Crippen molar-refractivity contribution < 1.29 is 0 Å². The first kappa shape index (κ1) is 51.7. The highest BCUT2D eigenvalue weighted by Crippen LogP contribution is 2.25.